The second-order valence-electron chi connectivity index (χ2n) is 4.77. The van der Waals surface area contributed by atoms with Crippen LogP contribution in [0.2, 0.25) is 0 Å². The smallest absolute Gasteiger partial charge is 0.146 e. The summed E-state index contributed by atoms with van der Waals surface area (Å²) in [5.41, 5.74) is 1.58. The fraction of sp³-hybridized carbons (Fsp3) is 0.188. The number of rotatable bonds is 5. The molecule has 0 spiro atoms. The molecular weight excluding hydrogens is 299 g/mol. The fourth-order valence-corrected chi connectivity index (χ4v) is 2.23. The monoisotopic (exact) mass is 312 g/mol. The molecule has 0 saturated carbocycles. The lowest BCUT2D eigenvalue weighted by Gasteiger charge is -2.16. The van der Waals surface area contributed by atoms with Gasteiger partial charge < -0.3 is 9.47 Å². The molecule has 0 aliphatic carbocycles. The molecular formula is C16H13FN4O2. The van der Waals surface area contributed by atoms with Gasteiger partial charge in [0.1, 0.15) is 41.4 Å². The summed E-state index contributed by atoms with van der Waals surface area (Å²) >= 11 is 0. The Labute approximate surface area is 131 Å². The number of nitriles is 1. The van der Waals surface area contributed by atoms with Crippen LogP contribution in [-0.4, -0.2) is 28.3 Å². The van der Waals surface area contributed by atoms with Gasteiger partial charge >= 0.3 is 0 Å². The van der Waals surface area contributed by atoms with Gasteiger partial charge in [-0.25, -0.2) is 8.91 Å². The first-order chi connectivity index (χ1) is 11.2. The maximum Gasteiger partial charge on any atom is 0.146 e. The molecule has 0 bridgehead atoms. The molecule has 23 heavy (non-hydrogen) atoms. The minimum atomic E-state index is -0.454. The van der Waals surface area contributed by atoms with Gasteiger partial charge in [-0.2, -0.15) is 10.4 Å². The Morgan fingerprint density at radius 2 is 2.22 bits per heavy atom. The number of ether oxygens (including phenoxy) is 2. The lowest BCUT2D eigenvalue weighted by molar-refractivity contribution is 0.0549. The largest absolute Gasteiger partial charge is 0.488 e. The average molecular weight is 312 g/mol. The minimum Gasteiger partial charge on any atom is -0.488 e. The second-order valence-corrected chi connectivity index (χ2v) is 4.77. The van der Waals surface area contributed by atoms with Crippen LogP contribution in [0.3, 0.4) is 0 Å². The highest BCUT2D eigenvalue weighted by Crippen LogP contribution is 2.24. The Morgan fingerprint density at radius 1 is 1.35 bits per heavy atom. The van der Waals surface area contributed by atoms with Gasteiger partial charge in [-0.05, 0) is 24.3 Å². The standard InChI is InChI=1S/C16H13FN4O2/c1-22-15(13-5-4-12(17)9-19-13)10-23-14-3-2-6-21-16(14)11(7-18)8-20-21/h2-6,8-9,15H,10H2,1H3. The first-order valence-corrected chi connectivity index (χ1v) is 6.86. The molecule has 3 rings (SSSR count). The summed E-state index contributed by atoms with van der Waals surface area (Å²) in [6.07, 6.45) is 3.90. The summed E-state index contributed by atoms with van der Waals surface area (Å²) in [6.45, 7) is 0.171. The van der Waals surface area contributed by atoms with Gasteiger partial charge in [0.15, 0.2) is 0 Å². The van der Waals surface area contributed by atoms with Crippen LogP contribution in [0.15, 0.2) is 42.9 Å². The van der Waals surface area contributed by atoms with Gasteiger partial charge in [-0.3, -0.25) is 4.98 Å². The van der Waals surface area contributed by atoms with E-state index in [0.29, 0.717) is 22.5 Å². The van der Waals surface area contributed by atoms with Gasteiger partial charge in [0.05, 0.1) is 18.1 Å². The van der Waals surface area contributed by atoms with Crippen molar-refractivity contribution in [3.63, 3.8) is 0 Å². The predicted molar refractivity (Wildman–Crippen MR) is 79.3 cm³/mol. The van der Waals surface area contributed by atoms with Crippen LogP contribution < -0.4 is 4.74 Å². The van der Waals surface area contributed by atoms with E-state index in [2.05, 4.69) is 16.2 Å². The summed E-state index contributed by atoms with van der Waals surface area (Å²) in [7, 11) is 1.53. The average Bonchev–Trinajstić information content (AvgIpc) is 3.01. The summed E-state index contributed by atoms with van der Waals surface area (Å²) < 4.78 is 25.7. The molecule has 116 valence electrons. The SMILES string of the molecule is COC(COc1cccn2ncc(C#N)c12)c1ccc(F)cn1. The van der Waals surface area contributed by atoms with Crippen molar-refractivity contribution in [2.75, 3.05) is 13.7 Å². The number of methoxy groups -OCH3 is 1. The highest BCUT2D eigenvalue weighted by Gasteiger charge is 2.15. The molecule has 3 heterocycles. The summed E-state index contributed by atoms with van der Waals surface area (Å²) in [6, 6.07) is 8.47. The number of hydrogen-bond donors (Lipinski definition) is 0. The molecule has 3 aromatic heterocycles. The molecule has 0 aromatic carbocycles. The van der Waals surface area contributed by atoms with Crippen LogP contribution in [0.4, 0.5) is 4.39 Å². The van der Waals surface area contributed by atoms with Crippen LogP contribution >= 0.6 is 0 Å². The van der Waals surface area contributed by atoms with E-state index >= 15 is 0 Å². The highest BCUT2D eigenvalue weighted by atomic mass is 19.1. The van der Waals surface area contributed by atoms with Crippen molar-refractivity contribution >= 4 is 5.52 Å². The molecule has 1 atom stereocenters. The van der Waals surface area contributed by atoms with E-state index in [-0.39, 0.29) is 6.61 Å². The first kappa shape index (κ1) is 14.9. The van der Waals surface area contributed by atoms with E-state index in [0.717, 1.165) is 6.20 Å². The van der Waals surface area contributed by atoms with E-state index in [1.165, 1.54) is 19.4 Å². The van der Waals surface area contributed by atoms with Crippen molar-refractivity contribution in [1.29, 1.82) is 5.26 Å². The van der Waals surface area contributed by atoms with Crippen LogP contribution in [0, 0.1) is 17.1 Å². The number of aromatic nitrogens is 3. The minimum absolute atomic E-state index is 0.171. The summed E-state index contributed by atoms with van der Waals surface area (Å²) in [5, 5.41) is 13.2. The molecule has 1 unspecified atom stereocenters. The van der Waals surface area contributed by atoms with Crippen molar-refractivity contribution in [2.24, 2.45) is 0 Å². The molecule has 0 saturated heterocycles. The predicted octanol–water partition coefficient (Wildman–Crippen LogP) is 2.51. The normalized spacial score (nSPS) is 12.0. The Hall–Kier alpha value is -2.98. The van der Waals surface area contributed by atoms with Crippen molar-refractivity contribution in [3.05, 3.63) is 59.9 Å². The summed E-state index contributed by atoms with van der Waals surface area (Å²) in [4.78, 5) is 4.00. The molecule has 3 aromatic rings. The van der Waals surface area contributed by atoms with Gasteiger partial charge in [0.25, 0.3) is 0 Å². The van der Waals surface area contributed by atoms with Crippen LogP contribution in [0.5, 0.6) is 5.75 Å². The Balaban J connectivity index is 1.83. The highest BCUT2D eigenvalue weighted by molar-refractivity contribution is 5.68. The zero-order valence-corrected chi connectivity index (χ0v) is 12.3. The zero-order valence-electron chi connectivity index (χ0n) is 12.3. The third-order valence-electron chi connectivity index (χ3n) is 3.38. The maximum atomic E-state index is 13.0. The molecule has 0 fully saturated rings. The van der Waals surface area contributed by atoms with E-state index in [4.69, 9.17) is 14.7 Å². The van der Waals surface area contributed by atoms with E-state index in [1.807, 2.05) is 0 Å². The number of nitrogens with zero attached hydrogens (tertiary/aromatic N) is 4. The first-order valence-electron chi connectivity index (χ1n) is 6.86. The summed E-state index contributed by atoms with van der Waals surface area (Å²) in [5.74, 6) is 0.109. The maximum absolute atomic E-state index is 13.0. The molecule has 6 nitrogen and oxygen atoms in total. The van der Waals surface area contributed by atoms with E-state index < -0.39 is 11.9 Å². The molecule has 7 heteroatoms. The molecule has 0 radical (unpaired) electrons. The van der Waals surface area contributed by atoms with Crippen LogP contribution in [-0.2, 0) is 4.74 Å². The molecule has 0 aliphatic heterocycles. The molecule has 0 aliphatic rings. The van der Waals surface area contributed by atoms with Gasteiger partial charge in [-0.1, -0.05) is 0 Å². The van der Waals surface area contributed by atoms with Gasteiger partial charge in [-0.15, -0.1) is 0 Å². The number of pyridine rings is 2. The van der Waals surface area contributed by atoms with Gasteiger partial charge in [0, 0.05) is 13.3 Å². The lowest BCUT2D eigenvalue weighted by Crippen LogP contribution is -2.14. The third kappa shape index (κ3) is 2.98. The Kier molecular flexibility index (Phi) is 4.17. The Morgan fingerprint density at radius 3 is 2.91 bits per heavy atom. The topological polar surface area (TPSA) is 72.4 Å². The van der Waals surface area contributed by atoms with Crippen molar-refractivity contribution in [3.8, 4) is 11.8 Å². The number of hydrogen-bond acceptors (Lipinski definition) is 5. The molecule has 0 N–H and O–H groups in total. The molecule has 0 amide bonds. The quantitative estimate of drug-likeness (QED) is 0.724. The second kappa shape index (κ2) is 6.42. The van der Waals surface area contributed by atoms with Crippen molar-refractivity contribution in [1.82, 2.24) is 14.6 Å². The number of halogens is 1. The fourth-order valence-electron chi connectivity index (χ4n) is 2.23. The zero-order chi connectivity index (χ0) is 16.2. The third-order valence-corrected chi connectivity index (χ3v) is 3.38. The Bertz CT molecular complexity index is 855. The number of fused-ring (bicyclic) bond motifs is 1. The van der Waals surface area contributed by atoms with Crippen LogP contribution in [0.1, 0.15) is 17.4 Å². The van der Waals surface area contributed by atoms with Crippen LogP contribution in [0.25, 0.3) is 5.52 Å². The van der Waals surface area contributed by atoms with Gasteiger partial charge in [0.2, 0.25) is 0 Å². The van der Waals surface area contributed by atoms with E-state index in [9.17, 15) is 4.39 Å². The van der Waals surface area contributed by atoms with Crippen molar-refractivity contribution in [2.45, 2.75) is 6.10 Å². The van der Waals surface area contributed by atoms with Crippen molar-refractivity contribution < 1.29 is 13.9 Å². The van der Waals surface area contributed by atoms with E-state index in [1.54, 1.807) is 28.9 Å². The lowest BCUT2D eigenvalue weighted by atomic mass is 10.2.